The fraction of sp³-hybridized carbons (Fsp3) is 0.636. The van der Waals surface area contributed by atoms with Crippen LogP contribution in [0.2, 0.25) is 0 Å². The van der Waals surface area contributed by atoms with Crippen molar-refractivity contribution in [2.75, 3.05) is 24.6 Å². The van der Waals surface area contributed by atoms with E-state index in [1.165, 1.54) is 0 Å². The van der Waals surface area contributed by atoms with E-state index in [9.17, 15) is 13.2 Å². The van der Waals surface area contributed by atoms with Crippen molar-refractivity contribution in [2.24, 2.45) is 0 Å². The van der Waals surface area contributed by atoms with E-state index in [1.807, 2.05) is 0 Å². The maximum atomic E-state index is 12.3. The summed E-state index contributed by atoms with van der Waals surface area (Å²) in [5, 5.41) is 6.83. The Bertz CT molecular complexity index is 560. The lowest BCUT2D eigenvalue weighted by Gasteiger charge is -2.26. The molecule has 0 unspecified atom stereocenters. The minimum Gasteiger partial charge on any atom is -0.337 e. The van der Waals surface area contributed by atoms with Crippen LogP contribution in [0.1, 0.15) is 34.8 Å². The molecule has 1 aliphatic heterocycles. The first-order chi connectivity index (χ1) is 8.57. The van der Waals surface area contributed by atoms with Gasteiger partial charge in [0.15, 0.2) is 9.84 Å². The van der Waals surface area contributed by atoms with E-state index < -0.39 is 9.84 Å². The second kappa shape index (κ2) is 4.08. The van der Waals surface area contributed by atoms with E-state index in [2.05, 4.69) is 10.2 Å². The summed E-state index contributed by atoms with van der Waals surface area (Å²) in [6, 6.07) is 0. The number of H-pyrrole nitrogens is 1. The van der Waals surface area contributed by atoms with E-state index >= 15 is 0 Å². The zero-order valence-electron chi connectivity index (χ0n) is 9.92. The third kappa shape index (κ3) is 2.14. The Hall–Kier alpha value is -1.37. The molecule has 2 fully saturated rings. The van der Waals surface area contributed by atoms with Gasteiger partial charge in [-0.1, -0.05) is 0 Å². The Morgan fingerprint density at radius 1 is 1.33 bits per heavy atom. The van der Waals surface area contributed by atoms with E-state index in [0.29, 0.717) is 11.5 Å². The fourth-order valence-corrected chi connectivity index (χ4v) is 3.44. The van der Waals surface area contributed by atoms with Crippen LogP contribution in [-0.2, 0) is 9.84 Å². The molecule has 1 saturated carbocycles. The molecule has 7 heteroatoms. The second-order valence-corrected chi connectivity index (χ2v) is 7.22. The summed E-state index contributed by atoms with van der Waals surface area (Å²) in [5.41, 5.74) is 1.52. The molecular formula is C11H15N3O3S. The Morgan fingerprint density at radius 3 is 2.61 bits per heavy atom. The summed E-state index contributed by atoms with van der Waals surface area (Å²) in [6.07, 6.45) is 3.74. The number of carbonyl (C=O) groups excluding carboxylic acids is 1. The number of rotatable bonds is 2. The number of amides is 1. The molecular weight excluding hydrogens is 254 g/mol. The molecule has 1 N–H and O–H groups in total. The molecule has 18 heavy (non-hydrogen) atoms. The second-order valence-electron chi connectivity index (χ2n) is 4.92. The summed E-state index contributed by atoms with van der Waals surface area (Å²) < 4.78 is 22.7. The van der Waals surface area contributed by atoms with Gasteiger partial charge in [0.1, 0.15) is 0 Å². The standard InChI is InChI=1S/C11H15N3O3S/c15-11(14-3-5-18(16,17)6-4-14)9-7-12-13-10(9)8-1-2-8/h7-8H,1-6H2,(H,12,13). The van der Waals surface area contributed by atoms with Crippen LogP contribution in [0, 0.1) is 0 Å². The predicted octanol–water partition coefficient (Wildman–Crippen LogP) is 0.158. The lowest BCUT2D eigenvalue weighted by Crippen LogP contribution is -2.43. The average Bonchev–Trinajstić information content (AvgIpc) is 3.06. The van der Waals surface area contributed by atoms with Gasteiger partial charge in [0.05, 0.1) is 29.0 Å². The van der Waals surface area contributed by atoms with Crippen molar-refractivity contribution in [3.8, 4) is 0 Å². The highest BCUT2D eigenvalue weighted by atomic mass is 32.2. The quantitative estimate of drug-likeness (QED) is 0.829. The molecule has 0 atom stereocenters. The van der Waals surface area contributed by atoms with Gasteiger partial charge < -0.3 is 4.90 Å². The molecule has 1 amide bonds. The average molecular weight is 269 g/mol. The number of aromatic nitrogens is 2. The molecule has 0 bridgehead atoms. The number of hydrogen-bond donors (Lipinski definition) is 1. The summed E-state index contributed by atoms with van der Waals surface area (Å²) in [7, 11) is -2.95. The van der Waals surface area contributed by atoms with Crippen LogP contribution in [0.25, 0.3) is 0 Å². The lowest BCUT2D eigenvalue weighted by molar-refractivity contribution is 0.0769. The molecule has 0 spiro atoms. The van der Waals surface area contributed by atoms with E-state index in [0.717, 1.165) is 18.5 Å². The zero-order chi connectivity index (χ0) is 12.8. The molecule has 1 aromatic heterocycles. The lowest BCUT2D eigenvalue weighted by atomic mass is 10.1. The highest BCUT2D eigenvalue weighted by Crippen LogP contribution is 2.40. The van der Waals surface area contributed by atoms with Gasteiger partial charge in [-0.15, -0.1) is 0 Å². The molecule has 0 radical (unpaired) electrons. The normalized spacial score (nSPS) is 23.0. The number of hydrogen-bond acceptors (Lipinski definition) is 4. The maximum Gasteiger partial charge on any atom is 0.257 e. The Morgan fingerprint density at radius 2 is 2.00 bits per heavy atom. The minimum atomic E-state index is -2.95. The fourth-order valence-electron chi connectivity index (χ4n) is 2.24. The number of carbonyl (C=O) groups is 1. The molecule has 1 aromatic rings. The first-order valence-electron chi connectivity index (χ1n) is 6.10. The summed E-state index contributed by atoms with van der Waals surface area (Å²) in [6.45, 7) is 0.576. The van der Waals surface area contributed by atoms with Gasteiger partial charge in [-0.3, -0.25) is 9.89 Å². The highest BCUT2D eigenvalue weighted by Gasteiger charge is 2.33. The molecule has 1 aliphatic carbocycles. The molecule has 2 aliphatic rings. The van der Waals surface area contributed by atoms with Crippen molar-refractivity contribution in [1.82, 2.24) is 15.1 Å². The number of nitrogens with zero attached hydrogens (tertiary/aromatic N) is 2. The van der Waals surface area contributed by atoms with Crippen LogP contribution in [0.3, 0.4) is 0 Å². The molecule has 6 nitrogen and oxygen atoms in total. The van der Waals surface area contributed by atoms with Gasteiger partial charge >= 0.3 is 0 Å². The van der Waals surface area contributed by atoms with Gasteiger partial charge in [-0.05, 0) is 12.8 Å². The van der Waals surface area contributed by atoms with Gasteiger partial charge in [0.2, 0.25) is 0 Å². The Kier molecular flexibility index (Phi) is 2.65. The summed E-state index contributed by atoms with van der Waals surface area (Å²) in [4.78, 5) is 13.9. The predicted molar refractivity (Wildman–Crippen MR) is 65.1 cm³/mol. The first-order valence-corrected chi connectivity index (χ1v) is 7.92. The topological polar surface area (TPSA) is 83.1 Å². The monoisotopic (exact) mass is 269 g/mol. The van der Waals surface area contributed by atoms with Crippen LogP contribution in [0.5, 0.6) is 0 Å². The van der Waals surface area contributed by atoms with E-state index in [-0.39, 0.29) is 30.5 Å². The smallest absolute Gasteiger partial charge is 0.257 e. The van der Waals surface area contributed by atoms with Crippen molar-refractivity contribution in [2.45, 2.75) is 18.8 Å². The van der Waals surface area contributed by atoms with Crippen molar-refractivity contribution in [1.29, 1.82) is 0 Å². The molecule has 3 rings (SSSR count). The van der Waals surface area contributed by atoms with Crippen LogP contribution >= 0.6 is 0 Å². The summed E-state index contributed by atoms with van der Waals surface area (Å²) in [5.74, 6) is 0.463. The van der Waals surface area contributed by atoms with Gasteiger partial charge in [-0.2, -0.15) is 5.10 Å². The maximum absolute atomic E-state index is 12.3. The van der Waals surface area contributed by atoms with Crippen molar-refractivity contribution in [3.05, 3.63) is 17.5 Å². The van der Waals surface area contributed by atoms with E-state index in [4.69, 9.17) is 0 Å². The first kappa shape index (κ1) is 11.7. The van der Waals surface area contributed by atoms with Gasteiger partial charge in [-0.25, -0.2) is 8.42 Å². The molecule has 2 heterocycles. The van der Waals surface area contributed by atoms with Crippen molar-refractivity contribution < 1.29 is 13.2 Å². The van der Waals surface area contributed by atoms with Crippen molar-refractivity contribution >= 4 is 15.7 Å². The van der Waals surface area contributed by atoms with E-state index in [1.54, 1.807) is 11.1 Å². The molecule has 0 aromatic carbocycles. The Labute approximate surface area is 105 Å². The Balaban J connectivity index is 1.76. The van der Waals surface area contributed by atoms with Crippen molar-refractivity contribution in [3.63, 3.8) is 0 Å². The number of aromatic amines is 1. The third-order valence-corrected chi connectivity index (χ3v) is 5.13. The van der Waals surface area contributed by atoms with Crippen LogP contribution in [-0.4, -0.2) is 54.0 Å². The SMILES string of the molecule is O=C(c1cn[nH]c1C1CC1)N1CCS(=O)(=O)CC1. The largest absolute Gasteiger partial charge is 0.337 e. The minimum absolute atomic E-state index is 0.0648. The van der Waals surface area contributed by atoms with Crippen LogP contribution in [0.4, 0.5) is 0 Å². The zero-order valence-corrected chi connectivity index (χ0v) is 10.7. The summed E-state index contributed by atoms with van der Waals surface area (Å²) >= 11 is 0. The highest BCUT2D eigenvalue weighted by molar-refractivity contribution is 7.91. The van der Waals surface area contributed by atoms with Crippen LogP contribution in [0.15, 0.2) is 6.20 Å². The third-order valence-electron chi connectivity index (χ3n) is 3.52. The molecule has 98 valence electrons. The van der Waals surface area contributed by atoms with Gasteiger partial charge in [0, 0.05) is 19.0 Å². The molecule has 1 saturated heterocycles. The van der Waals surface area contributed by atoms with Gasteiger partial charge in [0.25, 0.3) is 5.91 Å². The van der Waals surface area contributed by atoms with Crippen LogP contribution < -0.4 is 0 Å². The number of nitrogens with one attached hydrogen (secondary N) is 1. The number of sulfone groups is 1.